The first-order valence-corrected chi connectivity index (χ1v) is 5.04. The molecule has 1 heteroatoms. The van der Waals surface area contributed by atoms with Crippen molar-refractivity contribution in [3.63, 3.8) is 0 Å². The maximum Gasteiger partial charge on any atom is 0.0398 e. The van der Waals surface area contributed by atoms with Crippen LogP contribution in [0.5, 0.6) is 0 Å². The van der Waals surface area contributed by atoms with Crippen molar-refractivity contribution in [2.24, 2.45) is 0 Å². The topological polar surface area (TPSA) is 3.24 Å². The minimum Gasteiger partial charge on any atom is -0.371 e. The summed E-state index contributed by atoms with van der Waals surface area (Å²) in [4.78, 5) is 2.47. The van der Waals surface area contributed by atoms with Crippen molar-refractivity contribution < 1.29 is 0 Å². The second-order valence-electron chi connectivity index (χ2n) is 3.57. The summed E-state index contributed by atoms with van der Waals surface area (Å²) in [6.07, 6.45) is 3.57. The SMILES string of the molecule is [CH2]Cc1ccccc1N1CCCC1. The maximum absolute atomic E-state index is 3.96. The molecule has 1 aromatic rings. The van der Waals surface area contributed by atoms with Crippen molar-refractivity contribution in [3.05, 3.63) is 36.8 Å². The van der Waals surface area contributed by atoms with E-state index < -0.39 is 0 Å². The van der Waals surface area contributed by atoms with E-state index in [2.05, 4.69) is 36.1 Å². The van der Waals surface area contributed by atoms with Crippen molar-refractivity contribution >= 4 is 5.69 Å². The van der Waals surface area contributed by atoms with E-state index in [0.29, 0.717) is 0 Å². The molecule has 2 rings (SSSR count). The Morgan fingerprint density at radius 2 is 1.85 bits per heavy atom. The molecule has 69 valence electrons. The summed E-state index contributed by atoms with van der Waals surface area (Å²) >= 11 is 0. The number of benzene rings is 1. The molecule has 1 nitrogen and oxygen atoms in total. The molecule has 0 aliphatic carbocycles. The van der Waals surface area contributed by atoms with Crippen LogP contribution < -0.4 is 4.90 Å². The Hall–Kier alpha value is -0.980. The lowest BCUT2D eigenvalue weighted by atomic mass is 10.1. The molecule has 1 aliphatic heterocycles. The lowest BCUT2D eigenvalue weighted by Gasteiger charge is -2.20. The first-order chi connectivity index (χ1) is 6.42. The summed E-state index contributed by atoms with van der Waals surface area (Å²) in [5.74, 6) is 0. The van der Waals surface area contributed by atoms with Crippen LogP contribution >= 0.6 is 0 Å². The van der Waals surface area contributed by atoms with Crippen LogP contribution in [0.25, 0.3) is 0 Å². The van der Waals surface area contributed by atoms with Gasteiger partial charge in [0, 0.05) is 18.8 Å². The minimum absolute atomic E-state index is 0.896. The monoisotopic (exact) mass is 174 g/mol. The number of para-hydroxylation sites is 1. The average molecular weight is 174 g/mol. The molecule has 13 heavy (non-hydrogen) atoms. The van der Waals surface area contributed by atoms with Gasteiger partial charge in [-0.05, 0) is 37.8 Å². The molecule has 1 aliphatic rings. The summed E-state index contributed by atoms with van der Waals surface area (Å²) in [5, 5.41) is 0. The third-order valence-electron chi connectivity index (χ3n) is 2.71. The normalized spacial score (nSPS) is 16.5. The highest BCUT2D eigenvalue weighted by Gasteiger charge is 2.13. The van der Waals surface area contributed by atoms with Crippen LogP contribution in [0, 0.1) is 6.92 Å². The fourth-order valence-electron chi connectivity index (χ4n) is 1.99. The van der Waals surface area contributed by atoms with E-state index in [1.54, 1.807) is 0 Å². The molecule has 0 aromatic heterocycles. The zero-order valence-corrected chi connectivity index (χ0v) is 8.00. The molecule has 1 fully saturated rings. The van der Waals surface area contributed by atoms with E-state index in [9.17, 15) is 0 Å². The summed E-state index contributed by atoms with van der Waals surface area (Å²) in [6.45, 7) is 6.40. The summed E-state index contributed by atoms with van der Waals surface area (Å²) < 4.78 is 0. The van der Waals surface area contributed by atoms with Crippen molar-refractivity contribution in [2.75, 3.05) is 18.0 Å². The van der Waals surface area contributed by atoms with E-state index in [-0.39, 0.29) is 0 Å². The zero-order valence-electron chi connectivity index (χ0n) is 8.00. The Bertz CT molecular complexity index is 274. The number of rotatable bonds is 2. The predicted octanol–water partition coefficient (Wildman–Crippen LogP) is 2.66. The van der Waals surface area contributed by atoms with Gasteiger partial charge in [-0.1, -0.05) is 18.2 Å². The fraction of sp³-hybridized carbons (Fsp3) is 0.417. The van der Waals surface area contributed by atoms with Gasteiger partial charge in [0.15, 0.2) is 0 Å². The third kappa shape index (κ3) is 1.69. The van der Waals surface area contributed by atoms with Gasteiger partial charge in [0.25, 0.3) is 0 Å². The van der Waals surface area contributed by atoms with Crippen LogP contribution in [0.15, 0.2) is 24.3 Å². The Morgan fingerprint density at radius 3 is 2.54 bits per heavy atom. The second-order valence-corrected chi connectivity index (χ2v) is 3.57. The molecule has 0 amide bonds. The molecule has 0 N–H and O–H groups in total. The van der Waals surface area contributed by atoms with Gasteiger partial charge in [0.05, 0.1) is 0 Å². The molecule has 1 aromatic carbocycles. The van der Waals surface area contributed by atoms with Crippen molar-refractivity contribution in [1.29, 1.82) is 0 Å². The summed E-state index contributed by atoms with van der Waals surface area (Å²) in [6, 6.07) is 8.61. The minimum atomic E-state index is 0.896. The highest BCUT2D eigenvalue weighted by molar-refractivity contribution is 5.54. The number of hydrogen-bond acceptors (Lipinski definition) is 1. The molecule has 0 spiro atoms. The average Bonchev–Trinajstić information content (AvgIpc) is 2.70. The van der Waals surface area contributed by atoms with Crippen LogP contribution in [0.3, 0.4) is 0 Å². The van der Waals surface area contributed by atoms with E-state index in [0.717, 1.165) is 6.42 Å². The molecule has 0 saturated carbocycles. The summed E-state index contributed by atoms with van der Waals surface area (Å²) in [7, 11) is 0. The van der Waals surface area contributed by atoms with Crippen LogP contribution in [0.1, 0.15) is 18.4 Å². The quantitative estimate of drug-likeness (QED) is 0.666. The van der Waals surface area contributed by atoms with Gasteiger partial charge in [-0.25, -0.2) is 0 Å². The summed E-state index contributed by atoms with van der Waals surface area (Å²) in [5.41, 5.74) is 2.78. The van der Waals surface area contributed by atoms with E-state index >= 15 is 0 Å². The first kappa shape index (κ1) is 8.61. The lowest BCUT2D eigenvalue weighted by Crippen LogP contribution is -2.18. The largest absolute Gasteiger partial charge is 0.371 e. The first-order valence-electron chi connectivity index (χ1n) is 5.04. The maximum atomic E-state index is 3.96. The number of anilines is 1. The van der Waals surface area contributed by atoms with E-state index in [1.807, 2.05) is 0 Å². The smallest absolute Gasteiger partial charge is 0.0398 e. The van der Waals surface area contributed by atoms with Crippen LogP contribution in [-0.4, -0.2) is 13.1 Å². The molecule has 0 bridgehead atoms. The number of nitrogens with zero attached hydrogens (tertiary/aromatic N) is 1. The van der Waals surface area contributed by atoms with Gasteiger partial charge in [0.2, 0.25) is 0 Å². The molecule has 0 atom stereocenters. The molecule has 1 radical (unpaired) electrons. The van der Waals surface area contributed by atoms with Gasteiger partial charge in [0.1, 0.15) is 0 Å². The van der Waals surface area contributed by atoms with Gasteiger partial charge in [-0.2, -0.15) is 0 Å². The van der Waals surface area contributed by atoms with Gasteiger partial charge >= 0.3 is 0 Å². The second kappa shape index (κ2) is 3.82. The van der Waals surface area contributed by atoms with Crippen LogP contribution in [0.4, 0.5) is 5.69 Å². The Morgan fingerprint density at radius 1 is 1.15 bits per heavy atom. The van der Waals surface area contributed by atoms with Crippen LogP contribution in [-0.2, 0) is 6.42 Å². The predicted molar refractivity (Wildman–Crippen MR) is 57.0 cm³/mol. The zero-order chi connectivity index (χ0) is 9.10. The van der Waals surface area contributed by atoms with Gasteiger partial charge in [-0.15, -0.1) is 0 Å². The molecular formula is C12H16N. The Balaban J connectivity index is 2.26. The van der Waals surface area contributed by atoms with Gasteiger partial charge in [-0.3, -0.25) is 0 Å². The van der Waals surface area contributed by atoms with Gasteiger partial charge < -0.3 is 4.90 Å². The van der Waals surface area contributed by atoms with Crippen molar-refractivity contribution in [1.82, 2.24) is 0 Å². The lowest BCUT2D eigenvalue weighted by molar-refractivity contribution is 0.949. The molecule has 1 heterocycles. The van der Waals surface area contributed by atoms with E-state index in [4.69, 9.17) is 0 Å². The standard InChI is InChI=1S/C12H16N/c1-2-11-7-3-4-8-12(11)13-9-5-6-10-13/h3-4,7-8H,1-2,5-6,9-10H2. The highest BCUT2D eigenvalue weighted by atomic mass is 15.1. The van der Waals surface area contributed by atoms with Crippen LogP contribution in [0.2, 0.25) is 0 Å². The molecule has 1 saturated heterocycles. The third-order valence-corrected chi connectivity index (χ3v) is 2.71. The fourth-order valence-corrected chi connectivity index (χ4v) is 1.99. The van der Waals surface area contributed by atoms with Crippen molar-refractivity contribution in [2.45, 2.75) is 19.3 Å². The van der Waals surface area contributed by atoms with E-state index in [1.165, 1.54) is 37.2 Å². The highest BCUT2D eigenvalue weighted by Crippen LogP contribution is 2.24. The molecule has 0 unspecified atom stereocenters. The Labute approximate surface area is 80.4 Å². The number of hydrogen-bond donors (Lipinski definition) is 0. The molecular weight excluding hydrogens is 158 g/mol. The van der Waals surface area contributed by atoms with Crippen molar-refractivity contribution in [3.8, 4) is 0 Å². The Kier molecular flexibility index (Phi) is 2.53.